The Labute approximate surface area is 149 Å². The number of nitrogens with zero attached hydrogens (tertiary/aromatic N) is 1. The van der Waals surface area contributed by atoms with Crippen molar-refractivity contribution in [3.05, 3.63) is 83.8 Å². The van der Waals surface area contributed by atoms with Crippen LogP contribution in [0, 0.1) is 0 Å². The van der Waals surface area contributed by atoms with E-state index in [1.54, 1.807) is 23.1 Å². The summed E-state index contributed by atoms with van der Waals surface area (Å²) in [6.45, 7) is 0.560. The minimum atomic E-state index is -0.492. The average molecular weight is 348 g/mol. The first kappa shape index (κ1) is 16.0. The Hall–Kier alpha value is -3.54. The molecule has 1 aliphatic heterocycles. The zero-order valence-corrected chi connectivity index (χ0v) is 13.8. The molecule has 3 aromatic rings. The lowest BCUT2D eigenvalue weighted by atomic mass is 10.2. The molecule has 0 saturated carbocycles. The van der Waals surface area contributed by atoms with E-state index in [2.05, 4.69) is 5.32 Å². The third-order valence-electron chi connectivity index (χ3n) is 4.19. The van der Waals surface area contributed by atoms with Crippen molar-refractivity contribution in [2.24, 2.45) is 0 Å². The van der Waals surface area contributed by atoms with Crippen LogP contribution in [0.25, 0.3) is 6.08 Å². The number of carbonyl (C=O) groups is 2. The second-order valence-electron chi connectivity index (χ2n) is 5.84. The molecule has 6 nitrogen and oxygen atoms in total. The Morgan fingerprint density at radius 2 is 1.81 bits per heavy atom. The number of benzene rings is 1. The van der Waals surface area contributed by atoms with Crippen molar-refractivity contribution in [1.29, 1.82) is 0 Å². The highest BCUT2D eigenvalue weighted by Gasteiger charge is 2.28. The summed E-state index contributed by atoms with van der Waals surface area (Å²) in [7, 11) is 0. The number of fused-ring (bicyclic) bond motifs is 1. The second-order valence-corrected chi connectivity index (χ2v) is 5.84. The molecule has 0 spiro atoms. The van der Waals surface area contributed by atoms with E-state index in [1.807, 2.05) is 24.3 Å². The smallest absolute Gasteiger partial charge is 0.291 e. The summed E-state index contributed by atoms with van der Waals surface area (Å²) >= 11 is 0. The van der Waals surface area contributed by atoms with Crippen LogP contribution in [0.3, 0.4) is 0 Å². The van der Waals surface area contributed by atoms with Gasteiger partial charge in [0, 0.05) is 18.3 Å². The highest BCUT2D eigenvalue weighted by molar-refractivity contribution is 6.12. The first-order chi connectivity index (χ1) is 12.7. The molecule has 0 saturated heterocycles. The van der Waals surface area contributed by atoms with Crippen LogP contribution in [0.15, 0.2) is 75.6 Å². The zero-order valence-electron chi connectivity index (χ0n) is 13.8. The Morgan fingerprint density at radius 3 is 2.58 bits per heavy atom. The van der Waals surface area contributed by atoms with Gasteiger partial charge in [0.2, 0.25) is 0 Å². The molecule has 0 unspecified atom stereocenters. The largest absolute Gasteiger partial charge is 0.465 e. The topological polar surface area (TPSA) is 75.7 Å². The van der Waals surface area contributed by atoms with Crippen LogP contribution in [0.4, 0.5) is 5.69 Å². The Morgan fingerprint density at radius 1 is 1.00 bits per heavy atom. The molecule has 0 radical (unpaired) electrons. The molecule has 1 aliphatic rings. The predicted molar refractivity (Wildman–Crippen MR) is 95.4 cm³/mol. The first-order valence-corrected chi connectivity index (χ1v) is 8.22. The summed E-state index contributed by atoms with van der Waals surface area (Å²) in [6.07, 6.45) is 5.21. The van der Waals surface area contributed by atoms with E-state index in [9.17, 15) is 9.59 Å². The van der Waals surface area contributed by atoms with E-state index in [1.165, 1.54) is 24.7 Å². The van der Waals surface area contributed by atoms with E-state index in [-0.39, 0.29) is 17.4 Å². The van der Waals surface area contributed by atoms with E-state index < -0.39 is 5.91 Å². The molecule has 2 amide bonds. The normalized spacial score (nSPS) is 13.5. The van der Waals surface area contributed by atoms with Crippen molar-refractivity contribution in [1.82, 2.24) is 5.32 Å². The van der Waals surface area contributed by atoms with Crippen molar-refractivity contribution in [2.45, 2.75) is 6.42 Å². The number of carbonyl (C=O) groups excluding carboxylic acids is 2. The summed E-state index contributed by atoms with van der Waals surface area (Å²) in [5.74, 6) is -0.189. The van der Waals surface area contributed by atoms with Crippen LogP contribution in [-0.2, 0) is 11.2 Å². The molecular formula is C20H16N2O4. The Bertz CT molecular complexity index is 956. The van der Waals surface area contributed by atoms with Gasteiger partial charge in [0.05, 0.1) is 12.5 Å². The number of hydrogen-bond acceptors (Lipinski definition) is 4. The number of para-hydroxylation sites is 1. The van der Waals surface area contributed by atoms with Crippen molar-refractivity contribution >= 4 is 23.6 Å². The van der Waals surface area contributed by atoms with Gasteiger partial charge in [-0.25, -0.2) is 0 Å². The standard InChI is InChI=1S/C20H16N2O4/c23-19(18-8-4-12-26-18)21-16(13-15-6-3-11-25-15)20(24)22-10-9-14-5-1-2-7-17(14)22/h1-8,11-13H,9-10H2,(H,21,23). The number of amides is 2. The molecule has 3 heterocycles. The lowest BCUT2D eigenvalue weighted by Gasteiger charge is -2.19. The monoisotopic (exact) mass is 348 g/mol. The first-order valence-electron chi connectivity index (χ1n) is 8.22. The average Bonchev–Trinajstić information content (AvgIpc) is 3.40. The molecule has 0 aliphatic carbocycles. The molecule has 130 valence electrons. The summed E-state index contributed by atoms with van der Waals surface area (Å²) < 4.78 is 10.4. The molecule has 0 fully saturated rings. The van der Waals surface area contributed by atoms with Gasteiger partial charge in [-0.3, -0.25) is 9.59 Å². The summed E-state index contributed by atoms with van der Waals surface area (Å²) in [4.78, 5) is 27.1. The fourth-order valence-corrected chi connectivity index (χ4v) is 2.95. The van der Waals surface area contributed by atoms with Crippen LogP contribution in [0.1, 0.15) is 21.9 Å². The second kappa shape index (κ2) is 6.76. The van der Waals surface area contributed by atoms with Gasteiger partial charge < -0.3 is 19.1 Å². The molecule has 2 aromatic heterocycles. The quantitative estimate of drug-likeness (QED) is 0.735. The van der Waals surface area contributed by atoms with Gasteiger partial charge >= 0.3 is 0 Å². The minimum absolute atomic E-state index is 0.123. The van der Waals surface area contributed by atoms with Crippen LogP contribution < -0.4 is 10.2 Å². The molecule has 0 atom stereocenters. The number of anilines is 1. The van der Waals surface area contributed by atoms with Crippen molar-refractivity contribution in [2.75, 3.05) is 11.4 Å². The van der Waals surface area contributed by atoms with Crippen LogP contribution in [-0.4, -0.2) is 18.4 Å². The van der Waals surface area contributed by atoms with E-state index in [0.29, 0.717) is 12.3 Å². The third-order valence-corrected chi connectivity index (χ3v) is 4.19. The van der Waals surface area contributed by atoms with Gasteiger partial charge in [0.25, 0.3) is 11.8 Å². The maximum atomic E-state index is 13.1. The van der Waals surface area contributed by atoms with Gasteiger partial charge in [-0.15, -0.1) is 0 Å². The van der Waals surface area contributed by atoms with Gasteiger partial charge in [-0.2, -0.15) is 0 Å². The van der Waals surface area contributed by atoms with Crippen LogP contribution >= 0.6 is 0 Å². The summed E-state index contributed by atoms with van der Waals surface area (Å²) in [6, 6.07) is 14.3. The van der Waals surface area contributed by atoms with Crippen molar-refractivity contribution in [3.8, 4) is 0 Å². The van der Waals surface area contributed by atoms with Gasteiger partial charge in [0.15, 0.2) is 5.76 Å². The van der Waals surface area contributed by atoms with Gasteiger partial charge in [0.1, 0.15) is 11.5 Å². The van der Waals surface area contributed by atoms with Crippen LogP contribution in [0.5, 0.6) is 0 Å². The minimum Gasteiger partial charge on any atom is -0.465 e. The van der Waals surface area contributed by atoms with Crippen LogP contribution in [0.2, 0.25) is 0 Å². The molecular weight excluding hydrogens is 332 g/mol. The highest BCUT2D eigenvalue weighted by Crippen LogP contribution is 2.28. The summed E-state index contributed by atoms with van der Waals surface area (Å²) in [5.41, 5.74) is 2.09. The number of nitrogens with one attached hydrogen (secondary N) is 1. The molecule has 6 heteroatoms. The predicted octanol–water partition coefficient (Wildman–Crippen LogP) is 3.23. The Balaban J connectivity index is 1.65. The molecule has 26 heavy (non-hydrogen) atoms. The highest BCUT2D eigenvalue weighted by atomic mass is 16.3. The zero-order chi connectivity index (χ0) is 17.9. The van der Waals surface area contributed by atoms with Gasteiger partial charge in [-0.05, 0) is 42.3 Å². The number of furan rings is 2. The lowest BCUT2D eigenvalue weighted by Crippen LogP contribution is -2.37. The Kier molecular flexibility index (Phi) is 4.15. The number of rotatable bonds is 4. The molecule has 1 aromatic carbocycles. The maximum Gasteiger partial charge on any atom is 0.291 e. The molecule has 4 rings (SSSR count). The van der Waals surface area contributed by atoms with E-state index >= 15 is 0 Å². The van der Waals surface area contributed by atoms with E-state index in [0.717, 1.165) is 17.7 Å². The fourth-order valence-electron chi connectivity index (χ4n) is 2.95. The van der Waals surface area contributed by atoms with Crippen molar-refractivity contribution < 1.29 is 18.4 Å². The third kappa shape index (κ3) is 3.04. The maximum absolute atomic E-state index is 13.1. The van der Waals surface area contributed by atoms with E-state index in [4.69, 9.17) is 8.83 Å². The molecule has 0 bridgehead atoms. The SMILES string of the molecule is O=C(NC(=Cc1ccco1)C(=O)N1CCc2ccccc21)c1ccco1. The lowest BCUT2D eigenvalue weighted by molar-refractivity contribution is -0.115. The van der Waals surface area contributed by atoms with Crippen molar-refractivity contribution in [3.63, 3.8) is 0 Å². The number of hydrogen-bond donors (Lipinski definition) is 1. The molecule has 1 N–H and O–H groups in total. The van der Waals surface area contributed by atoms with Gasteiger partial charge in [-0.1, -0.05) is 18.2 Å². The fraction of sp³-hybridized carbons (Fsp3) is 0.100. The summed E-state index contributed by atoms with van der Waals surface area (Å²) in [5, 5.41) is 2.64.